The first kappa shape index (κ1) is 20.0. The number of hydrogen-bond acceptors (Lipinski definition) is 6. The topological polar surface area (TPSA) is 78.6 Å². The molecule has 9 heteroatoms. The van der Waals surface area contributed by atoms with E-state index in [1.165, 1.54) is 25.3 Å². The Morgan fingerprint density at radius 3 is 2.74 bits per heavy atom. The summed E-state index contributed by atoms with van der Waals surface area (Å²) < 4.78 is 39.1. The van der Waals surface area contributed by atoms with Gasteiger partial charge in [-0.15, -0.1) is 0 Å². The lowest BCUT2D eigenvalue weighted by Gasteiger charge is -2.24. The van der Waals surface area contributed by atoms with Crippen LogP contribution in [0.25, 0.3) is 5.65 Å². The van der Waals surface area contributed by atoms with Crippen LogP contribution in [0.4, 0.5) is 8.78 Å². The number of Topliss-reactive ketones (excluding diaryl/α,β-unsaturated/α-hetero) is 1. The van der Waals surface area contributed by atoms with Crippen LogP contribution in [-0.4, -0.2) is 44.5 Å². The van der Waals surface area contributed by atoms with E-state index in [1.54, 1.807) is 6.20 Å². The molecule has 31 heavy (non-hydrogen) atoms. The number of rotatable bonds is 6. The van der Waals surface area contributed by atoms with Crippen molar-refractivity contribution >= 4 is 11.4 Å². The molecule has 1 aliphatic carbocycles. The van der Waals surface area contributed by atoms with Gasteiger partial charge in [-0.05, 0) is 38.3 Å². The highest BCUT2D eigenvalue weighted by Gasteiger charge is 2.55. The quantitative estimate of drug-likeness (QED) is 0.557. The number of methoxy groups -OCH3 is 1. The summed E-state index contributed by atoms with van der Waals surface area (Å²) in [7, 11) is 1.50. The van der Waals surface area contributed by atoms with Crippen molar-refractivity contribution in [3.8, 4) is 5.88 Å². The Balaban J connectivity index is 1.46. The summed E-state index contributed by atoms with van der Waals surface area (Å²) in [5.74, 6) is -0.0898. The molecule has 2 fully saturated rings. The van der Waals surface area contributed by atoms with Crippen molar-refractivity contribution in [2.75, 3.05) is 13.7 Å². The van der Waals surface area contributed by atoms with Crippen LogP contribution in [0.2, 0.25) is 0 Å². The lowest BCUT2D eigenvalue weighted by atomic mass is 9.84. The van der Waals surface area contributed by atoms with Crippen LogP contribution in [0.1, 0.15) is 60.2 Å². The minimum Gasteiger partial charge on any atom is -0.478 e. The lowest BCUT2D eigenvalue weighted by molar-refractivity contribution is -0.00627. The van der Waals surface area contributed by atoms with E-state index in [0.717, 1.165) is 25.0 Å². The number of aromatic nitrogens is 4. The zero-order valence-corrected chi connectivity index (χ0v) is 17.3. The largest absolute Gasteiger partial charge is 0.478 e. The van der Waals surface area contributed by atoms with E-state index >= 15 is 0 Å². The number of imidazole rings is 1. The lowest BCUT2D eigenvalue weighted by Crippen LogP contribution is -2.26. The molecule has 3 aromatic heterocycles. The van der Waals surface area contributed by atoms with Crippen molar-refractivity contribution in [1.29, 1.82) is 0 Å². The third-order valence-electron chi connectivity index (χ3n) is 6.36. The van der Waals surface area contributed by atoms with Crippen LogP contribution in [-0.2, 0) is 16.6 Å². The monoisotopic (exact) mass is 428 g/mol. The number of ketones is 1. The second kappa shape index (κ2) is 7.05. The highest BCUT2D eigenvalue weighted by atomic mass is 19.3. The van der Waals surface area contributed by atoms with Crippen molar-refractivity contribution in [3.05, 3.63) is 53.4 Å². The van der Waals surface area contributed by atoms with E-state index < -0.39 is 17.9 Å². The van der Waals surface area contributed by atoms with E-state index in [4.69, 9.17) is 14.5 Å². The van der Waals surface area contributed by atoms with Gasteiger partial charge >= 0.3 is 0 Å². The Hall–Kier alpha value is -2.94. The second-order valence-electron chi connectivity index (χ2n) is 8.64. The Bertz CT molecular complexity index is 1170. The van der Waals surface area contributed by atoms with Gasteiger partial charge in [-0.3, -0.25) is 4.79 Å². The molecule has 0 unspecified atom stereocenters. The molecule has 2 atom stereocenters. The number of halogens is 2. The molecule has 0 radical (unpaired) electrons. The summed E-state index contributed by atoms with van der Waals surface area (Å²) in [6, 6.07) is 4.02. The van der Waals surface area contributed by atoms with Crippen LogP contribution >= 0.6 is 0 Å². The molecule has 2 bridgehead atoms. The van der Waals surface area contributed by atoms with Gasteiger partial charge < -0.3 is 13.9 Å². The van der Waals surface area contributed by atoms with Crippen molar-refractivity contribution in [2.45, 2.75) is 50.0 Å². The Kier molecular flexibility index (Phi) is 4.55. The highest BCUT2D eigenvalue weighted by Crippen LogP contribution is 2.53. The normalized spacial score (nSPS) is 24.9. The van der Waals surface area contributed by atoms with E-state index in [9.17, 15) is 13.6 Å². The summed E-state index contributed by atoms with van der Waals surface area (Å²) >= 11 is 0. The molecule has 1 saturated heterocycles. The molecule has 0 aromatic carbocycles. The fourth-order valence-corrected chi connectivity index (χ4v) is 4.73. The summed E-state index contributed by atoms with van der Waals surface area (Å²) in [6.45, 7) is 2.78. The third kappa shape index (κ3) is 3.37. The van der Waals surface area contributed by atoms with Crippen LogP contribution in [0.15, 0.2) is 30.6 Å². The molecule has 7 nitrogen and oxygen atoms in total. The van der Waals surface area contributed by atoms with Gasteiger partial charge in [0.15, 0.2) is 5.78 Å². The smallest absolute Gasteiger partial charge is 0.280 e. The van der Waals surface area contributed by atoms with Crippen LogP contribution in [0.3, 0.4) is 0 Å². The highest BCUT2D eigenvalue weighted by molar-refractivity contribution is 5.95. The number of carbonyl (C=O) groups excluding carboxylic acids is 1. The average Bonchev–Trinajstić information content (AvgIpc) is 3.44. The molecule has 2 aliphatic rings. The van der Waals surface area contributed by atoms with Crippen LogP contribution in [0, 0.1) is 0 Å². The number of hydrogen-bond donors (Lipinski definition) is 0. The van der Waals surface area contributed by atoms with E-state index in [0.29, 0.717) is 23.8 Å². The van der Waals surface area contributed by atoms with E-state index in [2.05, 4.69) is 16.9 Å². The summed E-state index contributed by atoms with van der Waals surface area (Å²) in [4.78, 5) is 25.6. The van der Waals surface area contributed by atoms with Crippen molar-refractivity contribution < 1.29 is 23.0 Å². The summed E-state index contributed by atoms with van der Waals surface area (Å²) in [5, 5.41) is 0. The maximum atomic E-state index is 12.9. The van der Waals surface area contributed by atoms with Crippen molar-refractivity contribution in [1.82, 2.24) is 19.4 Å². The maximum Gasteiger partial charge on any atom is 0.280 e. The molecular weight excluding hydrogens is 406 g/mol. The SMILES string of the molecule is COc1nc(CC(=O)c2cccc(C(F)F)n2)cn2cc([C@@]34CC[C@@](C)(C3)OC4)nc12. The molecule has 0 spiro atoms. The Morgan fingerprint density at radius 2 is 2.10 bits per heavy atom. The molecule has 1 aliphatic heterocycles. The minimum atomic E-state index is -2.73. The Labute approximate surface area is 177 Å². The van der Waals surface area contributed by atoms with Gasteiger partial charge in [-0.25, -0.2) is 23.7 Å². The summed E-state index contributed by atoms with van der Waals surface area (Å²) in [5.41, 5.74) is 1.31. The zero-order chi connectivity index (χ0) is 21.8. The molecule has 5 rings (SSSR count). The number of nitrogens with zero attached hydrogens (tertiary/aromatic N) is 4. The number of alkyl halides is 2. The number of ether oxygens (including phenoxy) is 2. The van der Waals surface area contributed by atoms with E-state index in [1.807, 2.05) is 10.6 Å². The standard InChI is InChI=1S/C22H22F2N4O3/c1-21-6-7-22(11-21,12-31-21)17-10-28-9-13(25-20(30-2)19(28)27-17)8-16(29)14-4-3-5-15(26-14)18(23)24/h3-5,9-10,18H,6-8,11-12H2,1-2H3/t21-,22-/m0/s1. The van der Waals surface area contributed by atoms with Crippen LogP contribution < -0.4 is 4.74 Å². The van der Waals surface area contributed by atoms with Gasteiger partial charge in [0.1, 0.15) is 11.4 Å². The number of fused-ring (bicyclic) bond motifs is 3. The maximum absolute atomic E-state index is 12.9. The number of pyridine rings is 1. The molecule has 3 aromatic rings. The minimum absolute atomic E-state index is 0.0165. The van der Waals surface area contributed by atoms with Gasteiger partial charge in [-0.2, -0.15) is 0 Å². The summed E-state index contributed by atoms with van der Waals surface area (Å²) in [6.07, 6.45) is 3.79. The first-order valence-corrected chi connectivity index (χ1v) is 10.2. The van der Waals surface area contributed by atoms with Gasteiger partial charge in [0.25, 0.3) is 12.3 Å². The fourth-order valence-electron chi connectivity index (χ4n) is 4.73. The van der Waals surface area contributed by atoms with Gasteiger partial charge in [0.05, 0.1) is 37.1 Å². The second-order valence-corrected chi connectivity index (χ2v) is 8.64. The molecule has 162 valence electrons. The first-order valence-electron chi connectivity index (χ1n) is 10.2. The van der Waals surface area contributed by atoms with Gasteiger partial charge in [0, 0.05) is 17.8 Å². The predicted octanol–water partition coefficient (Wildman–Crippen LogP) is 3.71. The predicted molar refractivity (Wildman–Crippen MR) is 107 cm³/mol. The van der Waals surface area contributed by atoms with E-state index in [-0.39, 0.29) is 23.1 Å². The third-order valence-corrected chi connectivity index (χ3v) is 6.36. The van der Waals surface area contributed by atoms with Crippen molar-refractivity contribution in [3.63, 3.8) is 0 Å². The number of carbonyl (C=O) groups is 1. The average molecular weight is 428 g/mol. The van der Waals surface area contributed by atoms with Gasteiger partial charge in [0.2, 0.25) is 5.65 Å². The zero-order valence-electron chi connectivity index (χ0n) is 17.3. The molecular formula is C22H22F2N4O3. The molecule has 0 amide bonds. The van der Waals surface area contributed by atoms with Gasteiger partial charge in [-0.1, -0.05) is 6.07 Å². The van der Waals surface area contributed by atoms with Crippen molar-refractivity contribution in [2.24, 2.45) is 0 Å². The van der Waals surface area contributed by atoms with Crippen LogP contribution in [0.5, 0.6) is 5.88 Å². The fraction of sp³-hybridized carbons (Fsp3) is 0.455. The molecule has 4 heterocycles. The Morgan fingerprint density at radius 1 is 1.26 bits per heavy atom. The molecule has 0 N–H and O–H groups in total. The molecule has 1 saturated carbocycles. The first-order chi connectivity index (χ1) is 14.8.